The summed E-state index contributed by atoms with van der Waals surface area (Å²) < 4.78 is 57.8. The van der Waals surface area contributed by atoms with E-state index in [0.717, 1.165) is 12.3 Å². The van der Waals surface area contributed by atoms with Crippen LogP contribution in [0.5, 0.6) is 5.75 Å². The SMILES string of the molecule is COCCOCCOCCOc1cncc([B-](F)(F)F)c1.[K+]. The summed E-state index contributed by atoms with van der Waals surface area (Å²) in [5.41, 5.74) is -0.778. The van der Waals surface area contributed by atoms with E-state index in [1.165, 1.54) is 6.20 Å². The molecule has 0 fully saturated rings. The molecule has 0 N–H and O–H groups in total. The van der Waals surface area contributed by atoms with Crippen LogP contribution in [0.3, 0.4) is 0 Å². The second-order valence-corrected chi connectivity index (χ2v) is 4.09. The molecule has 22 heavy (non-hydrogen) atoms. The van der Waals surface area contributed by atoms with Crippen molar-refractivity contribution >= 4 is 12.4 Å². The summed E-state index contributed by atoms with van der Waals surface area (Å²) in [7, 11) is 1.58. The number of nitrogens with zero attached hydrogens (tertiary/aromatic N) is 1. The van der Waals surface area contributed by atoms with Gasteiger partial charge >= 0.3 is 58.4 Å². The van der Waals surface area contributed by atoms with Gasteiger partial charge in [0.05, 0.1) is 39.2 Å². The molecular weight excluding hydrogens is 329 g/mol. The van der Waals surface area contributed by atoms with Gasteiger partial charge < -0.3 is 31.9 Å². The fourth-order valence-corrected chi connectivity index (χ4v) is 1.38. The van der Waals surface area contributed by atoms with E-state index >= 15 is 0 Å². The van der Waals surface area contributed by atoms with Gasteiger partial charge in [-0.25, -0.2) is 0 Å². The van der Waals surface area contributed by atoms with E-state index in [0.29, 0.717) is 26.4 Å². The Balaban J connectivity index is 0.00000441. The van der Waals surface area contributed by atoms with E-state index in [4.69, 9.17) is 18.9 Å². The van der Waals surface area contributed by atoms with Gasteiger partial charge in [-0.15, -0.1) is 0 Å². The number of ether oxygens (including phenoxy) is 4. The number of hydrogen-bond acceptors (Lipinski definition) is 5. The minimum Gasteiger partial charge on any atom is -0.490 e. The van der Waals surface area contributed by atoms with Crippen LogP contribution in [0.2, 0.25) is 0 Å². The van der Waals surface area contributed by atoms with Crippen molar-refractivity contribution in [1.29, 1.82) is 0 Å². The Kier molecular flexibility index (Phi) is 12.9. The Morgan fingerprint density at radius 1 is 0.955 bits per heavy atom. The van der Waals surface area contributed by atoms with Crippen molar-refractivity contribution in [2.75, 3.05) is 46.8 Å². The molecule has 1 heterocycles. The van der Waals surface area contributed by atoms with Crippen molar-refractivity contribution in [3.8, 4) is 5.75 Å². The first-order valence-corrected chi connectivity index (χ1v) is 6.46. The van der Waals surface area contributed by atoms with Gasteiger partial charge in [0.2, 0.25) is 0 Å². The van der Waals surface area contributed by atoms with Gasteiger partial charge in [0.25, 0.3) is 0 Å². The van der Waals surface area contributed by atoms with Crippen molar-refractivity contribution in [2.45, 2.75) is 0 Å². The molecule has 0 amide bonds. The molecule has 0 aromatic carbocycles. The summed E-state index contributed by atoms with van der Waals surface area (Å²) in [5, 5.41) is 0. The van der Waals surface area contributed by atoms with Crippen molar-refractivity contribution in [3.05, 3.63) is 18.5 Å². The van der Waals surface area contributed by atoms with E-state index in [-0.39, 0.29) is 70.3 Å². The van der Waals surface area contributed by atoms with Crippen LogP contribution in [0.25, 0.3) is 0 Å². The molecule has 0 radical (unpaired) electrons. The zero-order valence-corrected chi connectivity index (χ0v) is 15.9. The van der Waals surface area contributed by atoms with Crippen LogP contribution in [0.4, 0.5) is 12.9 Å². The molecule has 0 saturated carbocycles. The normalized spacial score (nSPS) is 11.1. The van der Waals surface area contributed by atoms with Crippen LogP contribution < -0.4 is 61.6 Å². The zero-order chi connectivity index (χ0) is 15.6. The Hall–Kier alpha value is 0.321. The second kappa shape index (κ2) is 12.7. The van der Waals surface area contributed by atoms with Crippen LogP contribution in [0.1, 0.15) is 0 Å². The topological polar surface area (TPSA) is 49.8 Å². The van der Waals surface area contributed by atoms with Crippen molar-refractivity contribution < 1.29 is 83.3 Å². The van der Waals surface area contributed by atoms with Crippen LogP contribution in [-0.2, 0) is 14.2 Å². The van der Waals surface area contributed by atoms with Crippen molar-refractivity contribution in [2.24, 2.45) is 0 Å². The maximum absolute atomic E-state index is 12.5. The van der Waals surface area contributed by atoms with Crippen molar-refractivity contribution in [1.82, 2.24) is 4.98 Å². The molecule has 0 aliphatic carbocycles. The quantitative estimate of drug-likeness (QED) is 0.349. The molecule has 1 rings (SSSR count). The number of pyridine rings is 1. The van der Waals surface area contributed by atoms with E-state index in [1.807, 2.05) is 0 Å². The molecule has 1 aromatic heterocycles. The second-order valence-electron chi connectivity index (χ2n) is 4.09. The van der Waals surface area contributed by atoms with Crippen molar-refractivity contribution in [3.63, 3.8) is 0 Å². The standard InChI is InChI=1S/C12H18BF3NO4.K/c1-18-2-3-19-4-5-20-6-7-21-12-8-11(9-17-10-12)13(14,15)16;/h8-10H,2-7H2,1H3;/q-1;+1. The first-order valence-electron chi connectivity index (χ1n) is 6.46. The third-order valence-corrected chi connectivity index (χ3v) is 2.41. The Morgan fingerprint density at radius 3 is 2.14 bits per heavy atom. The summed E-state index contributed by atoms with van der Waals surface area (Å²) in [6.45, 7) is -2.83. The van der Waals surface area contributed by atoms with Gasteiger partial charge in [-0.1, -0.05) is 5.46 Å². The minimum absolute atomic E-state index is 0. The Labute approximate surface area is 170 Å². The van der Waals surface area contributed by atoms with Gasteiger partial charge in [0.15, 0.2) is 0 Å². The number of aromatic nitrogens is 1. The average Bonchev–Trinajstić information content (AvgIpc) is 2.45. The molecule has 0 spiro atoms. The smallest absolute Gasteiger partial charge is 0.490 e. The summed E-state index contributed by atoms with van der Waals surface area (Å²) in [4.78, 5) is 3.51. The van der Waals surface area contributed by atoms with Crippen LogP contribution in [0, 0.1) is 0 Å². The van der Waals surface area contributed by atoms with Crippen LogP contribution in [-0.4, -0.2) is 58.7 Å². The zero-order valence-electron chi connectivity index (χ0n) is 12.8. The first-order chi connectivity index (χ1) is 10.0. The average molecular weight is 347 g/mol. The number of rotatable bonds is 11. The molecular formula is C12H18BF3KNO4. The van der Waals surface area contributed by atoms with E-state index in [9.17, 15) is 12.9 Å². The molecule has 1 aromatic rings. The fraction of sp³-hybridized carbons (Fsp3) is 0.583. The van der Waals surface area contributed by atoms with Gasteiger partial charge in [-0.3, -0.25) is 4.98 Å². The van der Waals surface area contributed by atoms with E-state index in [2.05, 4.69) is 4.98 Å². The third-order valence-electron chi connectivity index (χ3n) is 2.41. The molecule has 0 aliphatic rings. The Bertz CT molecular complexity index is 412. The Morgan fingerprint density at radius 2 is 1.55 bits per heavy atom. The molecule has 5 nitrogen and oxygen atoms in total. The minimum atomic E-state index is -5.06. The van der Waals surface area contributed by atoms with Gasteiger partial charge in [0.1, 0.15) is 12.4 Å². The number of halogens is 3. The third kappa shape index (κ3) is 10.2. The molecule has 0 aliphatic heterocycles. The summed E-state index contributed by atoms with van der Waals surface area (Å²) in [6, 6.07) is 0.931. The summed E-state index contributed by atoms with van der Waals surface area (Å²) in [6.07, 6.45) is 2.01. The summed E-state index contributed by atoms with van der Waals surface area (Å²) in [5.74, 6) is 0.0756. The maximum Gasteiger partial charge on any atom is 1.00 e. The molecule has 10 heteroatoms. The van der Waals surface area contributed by atoms with Gasteiger partial charge in [-0.05, 0) is 6.07 Å². The molecule has 0 saturated heterocycles. The molecule has 0 unspecified atom stereocenters. The molecule has 0 bridgehead atoms. The fourth-order valence-electron chi connectivity index (χ4n) is 1.38. The van der Waals surface area contributed by atoms with E-state index < -0.39 is 12.4 Å². The maximum atomic E-state index is 12.5. The largest absolute Gasteiger partial charge is 1.00 e. The van der Waals surface area contributed by atoms with Gasteiger partial charge in [-0.2, -0.15) is 0 Å². The monoisotopic (exact) mass is 347 g/mol. The predicted octanol–water partition coefficient (Wildman–Crippen LogP) is -1.80. The van der Waals surface area contributed by atoms with Gasteiger partial charge in [0, 0.05) is 13.3 Å². The molecule has 0 atom stereocenters. The number of hydrogen-bond donors (Lipinski definition) is 0. The summed E-state index contributed by atoms with van der Waals surface area (Å²) >= 11 is 0. The number of methoxy groups -OCH3 is 1. The molecule has 120 valence electrons. The predicted molar refractivity (Wildman–Crippen MR) is 72.0 cm³/mol. The van der Waals surface area contributed by atoms with Crippen LogP contribution >= 0.6 is 0 Å². The first kappa shape index (κ1) is 22.3. The van der Waals surface area contributed by atoms with E-state index in [1.54, 1.807) is 7.11 Å². The van der Waals surface area contributed by atoms with Crippen LogP contribution in [0.15, 0.2) is 18.5 Å².